The molecule has 0 amide bonds. The zero-order valence-corrected chi connectivity index (χ0v) is 58.9. The number of rotatable bonds is 5. The molecule has 0 N–H and O–H groups in total. The maximum atomic E-state index is 2.78. The number of anilines is 9. The Labute approximate surface area is 537 Å². The SMILES string of the molecule is Cc1cc(C(C)(C)C)ccc1N(c1ccc2c(c1)N(c1ccc(C(C)(C)C)c3c1-c1ccccc1C3(C)C)c1cc(C(C)(C)C)cc3c1B2c1cc2c(cc1N3c1ccc3c(c1)C(C)(C)CCC3(C)C)C(C)(C)CCC2(C)C)c1ccc(C(C)(C)C)cc1C. The largest absolute Gasteiger partial charge is 0.311 e. The third kappa shape index (κ3) is 9.54. The molecular formula is C85H102BN3. The van der Waals surface area contributed by atoms with Crippen molar-refractivity contribution < 1.29 is 0 Å². The lowest BCUT2D eigenvalue weighted by Gasteiger charge is -2.48. The van der Waals surface area contributed by atoms with Crippen LogP contribution in [-0.4, -0.2) is 6.71 Å². The standard InChI is InChI=1S/C85H102BN3/c1-51-43-53(77(3,4)5)29-36-67(51)87(68-37-30-54(44-52(68)2)78(6,7)8)57-32-35-65-70(48-57)89(69-38-34-61(80(12,13)14)75-74(69)58-27-25-26-28-59(58)85(75,23)24)73-46-55(79(9,10)11)45-72-76(73)86(65)66-49-63-64(84(21,22)42-41-83(63,19)20)50-71(66)88(72)56-31-33-60-62(47-56)82(17,18)40-39-81(60,15)16/h25-38,43-50H,39-42H2,1-24H3. The molecule has 8 aromatic carbocycles. The molecule has 0 fully saturated rings. The van der Waals surface area contributed by atoms with E-state index in [1.807, 2.05) is 0 Å². The molecule has 0 unspecified atom stereocenters. The average molecular weight is 1180 g/mol. The van der Waals surface area contributed by atoms with Gasteiger partial charge in [0.1, 0.15) is 0 Å². The number of benzene rings is 8. The molecule has 0 bridgehead atoms. The molecule has 0 saturated heterocycles. The van der Waals surface area contributed by atoms with E-state index in [2.05, 4.69) is 314 Å². The van der Waals surface area contributed by atoms with Gasteiger partial charge in [0.2, 0.25) is 0 Å². The van der Waals surface area contributed by atoms with E-state index < -0.39 is 0 Å². The monoisotopic (exact) mass is 1180 g/mol. The zero-order chi connectivity index (χ0) is 64.2. The third-order valence-corrected chi connectivity index (χ3v) is 22.6. The van der Waals surface area contributed by atoms with Crippen molar-refractivity contribution in [3.05, 3.63) is 200 Å². The Bertz CT molecular complexity index is 4200. The number of hydrogen-bond acceptors (Lipinski definition) is 3. The average Bonchev–Trinajstić information content (AvgIpc) is 1.50. The second kappa shape index (κ2) is 19.6. The van der Waals surface area contributed by atoms with Crippen LogP contribution >= 0.6 is 0 Å². The van der Waals surface area contributed by atoms with Gasteiger partial charge >= 0.3 is 0 Å². The van der Waals surface area contributed by atoms with Crippen LogP contribution in [0.15, 0.2) is 133 Å². The van der Waals surface area contributed by atoms with Crippen LogP contribution < -0.4 is 31.1 Å². The minimum Gasteiger partial charge on any atom is -0.311 e. The van der Waals surface area contributed by atoms with Gasteiger partial charge in [-0.2, -0.15) is 0 Å². The first-order valence-corrected chi connectivity index (χ1v) is 33.8. The Morgan fingerprint density at radius 1 is 0.393 bits per heavy atom. The highest BCUT2D eigenvalue weighted by molar-refractivity contribution is 7.00. The van der Waals surface area contributed by atoms with Crippen molar-refractivity contribution in [3.63, 3.8) is 0 Å². The fraction of sp³-hybridized carbons (Fsp3) is 0.435. The van der Waals surface area contributed by atoms with Crippen molar-refractivity contribution in [2.24, 2.45) is 0 Å². The van der Waals surface area contributed by atoms with E-state index >= 15 is 0 Å². The van der Waals surface area contributed by atoms with Crippen molar-refractivity contribution >= 4 is 74.3 Å². The number of nitrogens with zero attached hydrogens (tertiary/aromatic N) is 3. The fourth-order valence-corrected chi connectivity index (χ4v) is 16.7. The Kier molecular flexibility index (Phi) is 13.5. The second-order valence-corrected chi connectivity index (χ2v) is 35.4. The van der Waals surface area contributed by atoms with Crippen molar-refractivity contribution in [2.75, 3.05) is 14.7 Å². The Morgan fingerprint density at radius 2 is 0.899 bits per heavy atom. The summed E-state index contributed by atoms with van der Waals surface area (Å²) >= 11 is 0. The van der Waals surface area contributed by atoms with Crippen molar-refractivity contribution in [1.29, 1.82) is 0 Å². The van der Waals surface area contributed by atoms with Gasteiger partial charge in [-0.1, -0.05) is 225 Å². The Balaban J connectivity index is 1.19. The van der Waals surface area contributed by atoms with Crippen LogP contribution in [0, 0.1) is 13.8 Å². The first-order chi connectivity index (χ1) is 41.2. The maximum Gasteiger partial charge on any atom is 0.252 e. The van der Waals surface area contributed by atoms with Crippen LogP contribution in [0.25, 0.3) is 11.1 Å². The molecule has 89 heavy (non-hydrogen) atoms. The molecule has 13 rings (SSSR count). The fourth-order valence-electron chi connectivity index (χ4n) is 16.7. The molecule has 3 aliphatic carbocycles. The predicted molar refractivity (Wildman–Crippen MR) is 388 cm³/mol. The lowest BCUT2D eigenvalue weighted by atomic mass is 9.33. The normalized spacial score (nSPS) is 18.1. The van der Waals surface area contributed by atoms with Gasteiger partial charge < -0.3 is 14.7 Å². The van der Waals surface area contributed by atoms with Crippen LogP contribution in [0.2, 0.25) is 0 Å². The van der Waals surface area contributed by atoms with Crippen LogP contribution in [0.3, 0.4) is 0 Å². The molecule has 460 valence electrons. The van der Waals surface area contributed by atoms with Crippen LogP contribution in [0.1, 0.15) is 245 Å². The smallest absolute Gasteiger partial charge is 0.252 e. The highest BCUT2D eigenvalue weighted by Gasteiger charge is 2.50. The van der Waals surface area contributed by atoms with E-state index in [-0.39, 0.29) is 55.4 Å². The number of fused-ring (bicyclic) bond motifs is 9. The van der Waals surface area contributed by atoms with Gasteiger partial charge in [0, 0.05) is 56.5 Å². The van der Waals surface area contributed by atoms with Gasteiger partial charge in [-0.25, -0.2) is 0 Å². The summed E-state index contributed by atoms with van der Waals surface area (Å²) in [6.45, 7) is 58.0. The lowest BCUT2D eigenvalue weighted by Crippen LogP contribution is -2.62. The van der Waals surface area contributed by atoms with E-state index in [9.17, 15) is 0 Å². The van der Waals surface area contributed by atoms with Gasteiger partial charge in [-0.15, -0.1) is 0 Å². The molecule has 3 nitrogen and oxygen atoms in total. The third-order valence-electron chi connectivity index (χ3n) is 22.6. The maximum absolute atomic E-state index is 2.78. The summed E-state index contributed by atoms with van der Waals surface area (Å²) < 4.78 is 0. The van der Waals surface area contributed by atoms with Crippen molar-refractivity contribution in [1.82, 2.24) is 0 Å². The quantitative estimate of drug-likeness (QED) is 0.159. The second-order valence-electron chi connectivity index (χ2n) is 35.4. The summed E-state index contributed by atoms with van der Waals surface area (Å²) in [5.41, 5.74) is 34.3. The Morgan fingerprint density at radius 3 is 1.44 bits per heavy atom. The molecule has 0 spiro atoms. The van der Waals surface area contributed by atoms with Gasteiger partial charge in [0.15, 0.2) is 0 Å². The first kappa shape index (κ1) is 61.1. The molecular weight excluding hydrogens is 1070 g/mol. The van der Waals surface area contributed by atoms with Gasteiger partial charge in [0.25, 0.3) is 6.71 Å². The van der Waals surface area contributed by atoms with Gasteiger partial charge in [-0.3, -0.25) is 0 Å². The summed E-state index contributed by atoms with van der Waals surface area (Å²) in [7, 11) is 0. The highest BCUT2D eigenvalue weighted by atomic mass is 15.2. The minimum absolute atomic E-state index is 0.00183. The summed E-state index contributed by atoms with van der Waals surface area (Å²) in [4.78, 5) is 8.13. The molecule has 8 aromatic rings. The van der Waals surface area contributed by atoms with E-state index in [1.54, 1.807) is 0 Å². The molecule has 2 heterocycles. The molecule has 4 heteroatoms. The molecule has 0 aromatic heterocycles. The van der Waals surface area contributed by atoms with E-state index in [4.69, 9.17) is 0 Å². The molecule has 0 radical (unpaired) electrons. The highest BCUT2D eigenvalue weighted by Crippen LogP contribution is 2.60. The lowest BCUT2D eigenvalue weighted by molar-refractivity contribution is 0.332. The van der Waals surface area contributed by atoms with Crippen LogP contribution in [-0.2, 0) is 48.7 Å². The van der Waals surface area contributed by atoms with Crippen LogP contribution in [0.4, 0.5) is 51.2 Å². The van der Waals surface area contributed by atoms with Crippen molar-refractivity contribution in [3.8, 4) is 11.1 Å². The van der Waals surface area contributed by atoms with Crippen molar-refractivity contribution in [2.45, 2.75) is 241 Å². The first-order valence-electron chi connectivity index (χ1n) is 33.8. The number of hydrogen-bond donors (Lipinski definition) is 0. The molecule has 0 saturated carbocycles. The summed E-state index contributed by atoms with van der Waals surface area (Å²) in [5.74, 6) is 0. The molecule has 2 aliphatic heterocycles. The summed E-state index contributed by atoms with van der Waals surface area (Å²) in [6, 6.07) is 54.8. The zero-order valence-electron chi connectivity index (χ0n) is 58.9. The molecule has 5 aliphatic rings. The Hall–Kier alpha value is -6.78. The van der Waals surface area contributed by atoms with Gasteiger partial charge in [-0.05, 0) is 232 Å². The predicted octanol–water partition coefficient (Wildman–Crippen LogP) is 22.1. The minimum atomic E-state index is -0.241. The van der Waals surface area contributed by atoms with Crippen LogP contribution in [0.5, 0.6) is 0 Å². The van der Waals surface area contributed by atoms with E-state index in [1.165, 1.54) is 146 Å². The molecule has 0 atom stereocenters. The van der Waals surface area contributed by atoms with E-state index in [0.717, 1.165) is 24.9 Å². The van der Waals surface area contributed by atoms with Gasteiger partial charge in [0.05, 0.1) is 5.69 Å². The van der Waals surface area contributed by atoms with E-state index in [0.29, 0.717) is 0 Å². The summed E-state index contributed by atoms with van der Waals surface area (Å²) in [6.07, 6.45) is 4.64. The summed E-state index contributed by atoms with van der Waals surface area (Å²) in [5, 5.41) is 0. The number of aryl methyl sites for hydroxylation is 2. The topological polar surface area (TPSA) is 9.72 Å².